The zero-order valence-electron chi connectivity index (χ0n) is 11.8. The van der Waals surface area contributed by atoms with Crippen molar-refractivity contribution in [1.82, 2.24) is 5.32 Å². The SMILES string of the molecule is CC(C(=O)Nc1ccccc1SCC(N)=O)C1CNC1.Cl. The minimum Gasteiger partial charge on any atom is -0.369 e. The molecule has 0 saturated carbocycles. The van der Waals surface area contributed by atoms with Crippen LogP contribution in [-0.4, -0.2) is 30.7 Å². The van der Waals surface area contributed by atoms with Gasteiger partial charge in [-0.05, 0) is 31.1 Å². The molecular formula is C14H20ClN3O2S. The average molecular weight is 330 g/mol. The molecule has 0 aromatic heterocycles. The van der Waals surface area contributed by atoms with Crippen LogP contribution < -0.4 is 16.4 Å². The lowest BCUT2D eigenvalue weighted by Gasteiger charge is -2.31. The van der Waals surface area contributed by atoms with Gasteiger partial charge in [-0.15, -0.1) is 24.2 Å². The Hall–Kier alpha value is -1.24. The normalized spacial score (nSPS) is 15.5. The third-order valence-corrected chi connectivity index (χ3v) is 4.54. The highest BCUT2D eigenvalue weighted by Crippen LogP contribution is 2.28. The van der Waals surface area contributed by atoms with Crippen LogP contribution in [0.25, 0.3) is 0 Å². The summed E-state index contributed by atoms with van der Waals surface area (Å²) in [7, 11) is 0. The summed E-state index contributed by atoms with van der Waals surface area (Å²) in [5, 5.41) is 6.11. The van der Waals surface area contributed by atoms with Crippen LogP contribution in [0.4, 0.5) is 5.69 Å². The fraction of sp³-hybridized carbons (Fsp3) is 0.429. The number of benzene rings is 1. The number of primary amides is 1. The lowest BCUT2D eigenvalue weighted by atomic mass is 9.88. The van der Waals surface area contributed by atoms with E-state index in [0.717, 1.165) is 23.7 Å². The quantitative estimate of drug-likeness (QED) is 0.690. The first-order valence-electron chi connectivity index (χ1n) is 6.59. The van der Waals surface area contributed by atoms with Crippen LogP contribution in [-0.2, 0) is 9.59 Å². The second-order valence-corrected chi connectivity index (χ2v) is 5.96. The van der Waals surface area contributed by atoms with E-state index in [0.29, 0.717) is 5.92 Å². The van der Waals surface area contributed by atoms with Gasteiger partial charge in [-0.3, -0.25) is 9.59 Å². The van der Waals surface area contributed by atoms with Crippen LogP contribution in [0.2, 0.25) is 0 Å². The fourth-order valence-electron chi connectivity index (χ4n) is 1.97. The fourth-order valence-corrected chi connectivity index (χ4v) is 2.72. The molecule has 1 aromatic rings. The molecule has 1 saturated heterocycles. The van der Waals surface area contributed by atoms with E-state index in [9.17, 15) is 9.59 Å². The minimum absolute atomic E-state index is 0. The molecule has 1 aromatic carbocycles. The number of para-hydroxylation sites is 1. The summed E-state index contributed by atoms with van der Waals surface area (Å²) in [5.74, 6) is 0.231. The average Bonchev–Trinajstić information content (AvgIpc) is 2.35. The summed E-state index contributed by atoms with van der Waals surface area (Å²) in [4.78, 5) is 23.9. The second kappa shape index (κ2) is 8.26. The van der Waals surface area contributed by atoms with Gasteiger partial charge in [-0.25, -0.2) is 0 Å². The predicted molar refractivity (Wildman–Crippen MR) is 87.8 cm³/mol. The Balaban J connectivity index is 0.00000220. The van der Waals surface area contributed by atoms with Crippen molar-refractivity contribution < 1.29 is 9.59 Å². The summed E-state index contributed by atoms with van der Waals surface area (Å²) in [6.07, 6.45) is 0. The topological polar surface area (TPSA) is 84.2 Å². The van der Waals surface area contributed by atoms with Gasteiger partial charge in [0.2, 0.25) is 11.8 Å². The van der Waals surface area contributed by atoms with Gasteiger partial charge in [-0.1, -0.05) is 19.1 Å². The highest BCUT2D eigenvalue weighted by molar-refractivity contribution is 8.00. The van der Waals surface area contributed by atoms with Gasteiger partial charge in [-0.2, -0.15) is 0 Å². The van der Waals surface area contributed by atoms with Gasteiger partial charge in [0.1, 0.15) is 0 Å². The van der Waals surface area contributed by atoms with E-state index >= 15 is 0 Å². The molecule has 5 nitrogen and oxygen atoms in total. The molecule has 0 aliphatic carbocycles. The van der Waals surface area contributed by atoms with Crippen LogP contribution in [0.15, 0.2) is 29.2 Å². The molecule has 0 spiro atoms. The van der Waals surface area contributed by atoms with Crippen LogP contribution in [0.3, 0.4) is 0 Å². The molecule has 7 heteroatoms. The van der Waals surface area contributed by atoms with E-state index < -0.39 is 0 Å². The van der Waals surface area contributed by atoms with Crippen molar-refractivity contribution in [3.05, 3.63) is 24.3 Å². The van der Waals surface area contributed by atoms with Crippen molar-refractivity contribution in [3.63, 3.8) is 0 Å². The van der Waals surface area contributed by atoms with E-state index in [1.807, 2.05) is 31.2 Å². The molecule has 21 heavy (non-hydrogen) atoms. The molecule has 4 N–H and O–H groups in total. The molecule has 1 aliphatic heterocycles. The standard InChI is InChI=1S/C14H19N3O2S.ClH/c1-9(10-6-16-7-10)14(19)17-11-4-2-3-5-12(11)20-8-13(15)18;/h2-5,9-10,16H,6-8H2,1H3,(H2,15,18)(H,17,19);1H. The van der Waals surface area contributed by atoms with Gasteiger partial charge in [0.25, 0.3) is 0 Å². The largest absolute Gasteiger partial charge is 0.369 e. The summed E-state index contributed by atoms with van der Waals surface area (Å²) in [6, 6.07) is 7.45. The third kappa shape index (κ3) is 4.91. The maximum absolute atomic E-state index is 12.2. The maximum Gasteiger partial charge on any atom is 0.227 e. The molecule has 2 amide bonds. The number of amides is 2. The number of carbonyl (C=O) groups is 2. The van der Waals surface area contributed by atoms with Crippen LogP contribution in [0.5, 0.6) is 0 Å². The molecule has 116 valence electrons. The van der Waals surface area contributed by atoms with Crippen molar-refractivity contribution in [1.29, 1.82) is 0 Å². The smallest absolute Gasteiger partial charge is 0.227 e. The van der Waals surface area contributed by atoms with Crippen molar-refractivity contribution >= 4 is 41.7 Å². The summed E-state index contributed by atoms with van der Waals surface area (Å²) < 4.78 is 0. The van der Waals surface area contributed by atoms with Gasteiger partial charge in [0, 0.05) is 10.8 Å². The molecule has 1 unspecified atom stereocenters. The first-order chi connectivity index (χ1) is 9.58. The van der Waals surface area contributed by atoms with E-state index in [2.05, 4.69) is 10.6 Å². The highest BCUT2D eigenvalue weighted by atomic mass is 35.5. The number of hydrogen-bond acceptors (Lipinski definition) is 4. The van der Waals surface area contributed by atoms with E-state index in [-0.39, 0.29) is 35.9 Å². The number of hydrogen-bond donors (Lipinski definition) is 3. The maximum atomic E-state index is 12.2. The first-order valence-corrected chi connectivity index (χ1v) is 7.58. The van der Waals surface area contributed by atoms with Crippen molar-refractivity contribution in [3.8, 4) is 0 Å². The molecule has 1 fully saturated rings. The first kappa shape index (κ1) is 17.8. The van der Waals surface area contributed by atoms with Crippen LogP contribution in [0, 0.1) is 11.8 Å². The van der Waals surface area contributed by atoms with Crippen molar-refractivity contribution in [2.24, 2.45) is 17.6 Å². The number of nitrogens with two attached hydrogens (primary N) is 1. The lowest BCUT2D eigenvalue weighted by Crippen LogP contribution is -2.48. The Kier molecular flexibility index (Phi) is 7.01. The van der Waals surface area contributed by atoms with Gasteiger partial charge in [0.05, 0.1) is 11.4 Å². The Bertz CT molecular complexity index is 509. The molecular weight excluding hydrogens is 310 g/mol. The van der Waals surface area contributed by atoms with Crippen LogP contribution >= 0.6 is 24.2 Å². The molecule has 1 aliphatic rings. The van der Waals surface area contributed by atoms with E-state index in [1.54, 1.807) is 0 Å². The van der Waals surface area contributed by atoms with E-state index in [4.69, 9.17) is 5.73 Å². The Morgan fingerprint density at radius 3 is 2.67 bits per heavy atom. The minimum atomic E-state index is -0.370. The Morgan fingerprint density at radius 2 is 2.10 bits per heavy atom. The zero-order valence-corrected chi connectivity index (χ0v) is 13.4. The Labute approximate surface area is 134 Å². The summed E-state index contributed by atoms with van der Waals surface area (Å²) in [5.41, 5.74) is 5.89. The number of halogens is 1. The number of anilines is 1. The number of thioether (sulfide) groups is 1. The Morgan fingerprint density at radius 1 is 1.43 bits per heavy atom. The van der Waals surface area contributed by atoms with Crippen LogP contribution in [0.1, 0.15) is 6.92 Å². The molecule has 1 heterocycles. The molecule has 2 rings (SSSR count). The molecule has 0 radical (unpaired) electrons. The lowest BCUT2D eigenvalue weighted by molar-refractivity contribution is -0.121. The van der Waals surface area contributed by atoms with E-state index in [1.165, 1.54) is 11.8 Å². The molecule has 1 atom stereocenters. The zero-order chi connectivity index (χ0) is 14.5. The summed E-state index contributed by atoms with van der Waals surface area (Å²) in [6.45, 7) is 3.74. The van der Waals surface area contributed by atoms with Crippen molar-refractivity contribution in [2.45, 2.75) is 11.8 Å². The van der Waals surface area contributed by atoms with Crippen molar-refractivity contribution in [2.75, 3.05) is 24.2 Å². The number of rotatable bonds is 6. The predicted octanol–water partition coefficient (Wildman–Crippen LogP) is 1.48. The van der Waals surface area contributed by atoms with Gasteiger partial charge >= 0.3 is 0 Å². The second-order valence-electron chi connectivity index (χ2n) is 4.95. The van der Waals surface area contributed by atoms with Gasteiger partial charge < -0.3 is 16.4 Å². The van der Waals surface area contributed by atoms with Gasteiger partial charge in [0.15, 0.2) is 0 Å². The monoisotopic (exact) mass is 329 g/mol. The number of nitrogens with one attached hydrogen (secondary N) is 2. The highest BCUT2D eigenvalue weighted by Gasteiger charge is 2.28. The molecule has 0 bridgehead atoms. The summed E-state index contributed by atoms with van der Waals surface area (Å²) >= 11 is 1.34. The number of carbonyl (C=O) groups excluding carboxylic acids is 2. The third-order valence-electron chi connectivity index (χ3n) is 3.45.